The van der Waals surface area contributed by atoms with E-state index in [1.54, 1.807) is 38.7 Å². The minimum Gasteiger partial charge on any atom is -0.493 e. The van der Waals surface area contributed by atoms with E-state index in [1.807, 2.05) is 17.0 Å². The monoisotopic (exact) mass is 398 g/mol. The van der Waals surface area contributed by atoms with Crippen molar-refractivity contribution in [1.82, 2.24) is 9.88 Å². The molecule has 2 unspecified atom stereocenters. The molecule has 7 nitrogen and oxygen atoms in total. The minimum atomic E-state index is -0.0323. The first-order valence-electron chi connectivity index (χ1n) is 9.84. The lowest BCUT2D eigenvalue weighted by Gasteiger charge is -2.39. The maximum atomic E-state index is 13.5. The van der Waals surface area contributed by atoms with E-state index >= 15 is 0 Å². The SMILES string of the molecule is COc1ccc(C(=O)N2C3CCC2CC(Oc2cccnc2)C3)c(OC)c1OC. The molecule has 1 aromatic carbocycles. The number of hydrogen-bond acceptors (Lipinski definition) is 6. The number of amides is 1. The molecular weight excluding hydrogens is 372 g/mol. The summed E-state index contributed by atoms with van der Waals surface area (Å²) in [5, 5.41) is 0. The molecule has 2 aliphatic rings. The number of nitrogens with zero attached hydrogens (tertiary/aromatic N) is 2. The van der Waals surface area contributed by atoms with Crippen LogP contribution in [0.2, 0.25) is 0 Å². The van der Waals surface area contributed by atoms with Crippen molar-refractivity contribution in [2.24, 2.45) is 0 Å². The van der Waals surface area contributed by atoms with E-state index < -0.39 is 0 Å². The quantitative estimate of drug-likeness (QED) is 0.744. The highest BCUT2D eigenvalue weighted by molar-refractivity contribution is 5.99. The Kier molecular flexibility index (Phi) is 5.47. The fourth-order valence-electron chi connectivity index (χ4n) is 4.57. The Labute approximate surface area is 170 Å². The summed E-state index contributed by atoms with van der Waals surface area (Å²) in [7, 11) is 4.64. The van der Waals surface area contributed by atoms with Gasteiger partial charge in [-0.2, -0.15) is 0 Å². The van der Waals surface area contributed by atoms with Gasteiger partial charge in [0.15, 0.2) is 11.5 Å². The lowest BCUT2D eigenvalue weighted by atomic mass is 9.98. The summed E-state index contributed by atoms with van der Waals surface area (Å²) in [4.78, 5) is 19.6. The van der Waals surface area contributed by atoms with Gasteiger partial charge in [0, 0.05) is 31.1 Å². The van der Waals surface area contributed by atoms with Crippen LogP contribution in [0.3, 0.4) is 0 Å². The van der Waals surface area contributed by atoms with Crippen molar-refractivity contribution in [2.75, 3.05) is 21.3 Å². The zero-order valence-electron chi connectivity index (χ0n) is 17.0. The van der Waals surface area contributed by atoms with Crippen LogP contribution < -0.4 is 18.9 Å². The molecule has 7 heteroatoms. The average Bonchev–Trinajstić information content (AvgIpc) is 3.03. The van der Waals surface area contributed by atoms with Crippen LogP contribution in [0, 0.1) is 0 Å². The number of methoxy groups -OCH3 is 3. The lowest BCUT2D eigenvalue weighted by Crippen LogP contribution is -2.49. The molecule has 2 saturated heterocycles. The predicted octanol–water partition coefficient (Wildman–Crippen LogP) is 3.32. The van der Waals surface area contributed by atoms with Crippen molar-refractivity contribution >= 4 is 5.91 Å². The first kappa shape index (κ1) is 19.4. The van der Waals surface area contributed by atoms with Gasteiger partial charge < -0.3 is 23.8 Å². The molecule has 3 heterocycles. The minimum absolute atomic E-state index is 0.0323. The molecule has 0 radical (unpaired) electrons. The number of hydrogen-bond donors (Lipinski definition) is 0. The number of piperidine rings is 1. The van der Waals surface area contributed by atoms with Gasteiger partial charge in [0.25, 0.3) is 5.91 Å². The van der Waals surface area contributed by atoms with Gasteiger partial charge in [-0.3, -0.25) is 9.78 Å². The van der Waals surface area contributed by atoms with Crippen LogP contribution >= 0.6 is 0 Å². The highest BCUT2D eigenvalue weighted by atomic mass is 16.5. The molecule has 2 bridgehead atoms. The average molecular weight is 398 g/mol. The third-order valence-electron chi connectivity index (χ3n) is 5.80. The third-order valence-corrected chi connectivity index (χ3v) is 5.80. The molecule has 2 fully saturated rings. The van der Waals surface area contributed by atoms with Gasteiger partial charge in [-0.1, -0.05) is 0 Å². The second-order valence-corrected chi connectivity index (χ2v) is 7.38. The van der Waals surface area contributed by atoms with Crippen molar-refractivity contribution < 1.29 is 23.7 Å². The Morgan fingerprint density at radius 3 is 2.31 bits per heavy atom. The van der Waals surface area contributed by atoms with Gasteiger partial charge in [-0.05, 0) is 37.1 Å². The predicted molar refractivity (Wildman–Crippen MR) is 107 cm³/mol. The molecule has 2 atom stereocenters. The second-order valence-electron chi connectivity index (χ2n) is 7.38. The van der Waals surface area contributed by atoms with Crippen LogP contribution in [-0.2, 0) is 0 Å². The van der Waals surface area contributed by atoms with Crippen molar-refractivity contribution in [2.45, 2.75) is 43.9 Å². The standard InChI is InChI=1S/C22H26N2O5/c1-26-19-9-8-18(20(27-2)21(19)28-3)22(25)24-14-6-7-15(24)12-17(11-14)29-16-5-4-10-23-13-16/h4-5,8-10,13-15,17H,6-7,11-12H2,1-3H3. The summed E-state index contributed by atoms with van der Waals surface area (Å²) >= 11 is 0. The van der Waals surface area contributed by atoms with Gasteiger partial charge in [-0.15, -0.1) is 0 Å². The van der Waals surface area contributed by atoms with Gasteiger partial charge in [-0.25, -0.2) is 0 Å². The number of ether oxygens (including phenoxy) is 4. The molecule has 1 amide bonds. The zero-order chi connectivity index (χ0) is 20.4. The topological polar surface area (TPSA) is 70.1 Å². The Morgan fingerprint density at radius 1 is 1.00 bits per heavy atom. The van der Waals surface area contributed by atoms with E-state index in [2.05, 4.69) is 4.98 Å². The number of aromatic nitrogens is 1. The van der Waals surface area contributed by atoms with Crippen LogP contribution in [0.15, 0.2) is 36.7 Å². The smallest absolute Gasteiger partial charge is 0.258 e. The molecule has 1 aromatic heterocycles. The summed E-state index contributed by atoms with van der Waals surface area (Å²) in [6, 6.07) is 7.59. The lowest BCUT2D eigenvalue weighted by molar-refractivity contribution is 0.0355. The first-order chi connectivity index (χ1) is 14.2. The van der Waals surface area contributed by atoms with Crippen LogP contribution in [0.25, 0.3) is 0 Å². The molecule has 0 saturated carbocycles. The van der Waals surface area contributed by atoms with Crippen molar-refractivity contribution in [3.8, 4) is 23.0 Å². The molecule has 2 aliphatic heterocycles. The van der Waals surface area contributed by atoms with E-state index in [0.29, 0.717) is 22.8 Å². The van der Waals surface area contributed by atoms with Crippen LogP contribution in [0.5, 0.6) is 23.0 Å². The Bertz CT molecular complexity index is 859. The molecule has 4 rings (SSSR count). The summed E-state index contributed by atoms with van der Waals surface area (Å²) in [6.45, 7) is 0. The molecule has 154 valence electrons. The maximum absolute atomic E-state index is 13.5. The molecule has 29 heavy (non-hydrogen) atoms. The summed E-state index contributed by atoms with van der Waals surface area (Å²) in [6.07, 6.45) is 7.15. The van der Waals surface area contributed by atoms with Crippen LogP contribution in [0.4, 0.5) is 0 Å². The van der Waals surface area contributed by atoms with Gasteiger partial charge in [0.05, 0.1) is 33.1 Å². The third kappa shape index (κ3) is 3.57. The largest absolute Gasteiger partial charge is 0.493 e. The molecule has 0 spiro atoms. The number of carbonyl (C=O) groups is 1. The van der Waals surface area contributed by atoms with Gasteiger partial charge >= 0.3 is 0 Å². The molecule has 2 aromatic rings. The Morgan fingerprint density at radius 2 is 1.72 bits per heavy atom. The van der Waals surface area contributed by atoms with E-state index in [0.717, 1.165) is 31.4 Å². The fourth-order valence-corrected chi connectivity index (χ4v) is 4.57. The highest BCUT2D eigenvalue weighted by Gasteiger charge is 2.45. The second kappa shape index (κ2) is 8.19. The Balaban J connectivity index is 1.55. The fraction of sp³-hybridized carbons (Fsp3) is 0.455. The molecule has 0 N–H and O–H groups in total. The van der Waals surface area contributed by atoms with E-state index in [9.17, 15) is 4.79 Å². The zero-order valence-corrected chi connectivity index (χ0v) is 17.0. The Hall–Kier alpha value is -2.96. The first-order valence-corrected chi connectivity index (χ1v) is 9.84. The summed E-state index contributed by atoms with van der Waals surface area (Å²) < 4.78 is 22.4. The van der Waals surface area contributed by atoms with Crippen molar-refractivity contribution in [3.05, 3.63) is 42.2 Å². The van der Waals surface area contributed by atoms with E-state index in [-0.39, 0.29) is 24.1 Å². The van der Waals surface area contributed by atoms with Crippen molar-refractivity contribution in [3.63, 3.8) is 0 Å². The van der Waals surface area contributed by atoms with E-state index in [4.69, 9.17) is 18.9 Å². The number of fused-ring (bicyclic) bond motifs is 2. The summed E-state index contributed by atoms with van der Waals surface area (Å²) in [5.74, 6) is 2.12. The number of pyridine rings is 1. The maximum Gasteiger partial charge on any atom is 0.258 e. The molecule has 0 aliphatic carbocycles. The number of benzene rings is 1. The van der Waals surface area contributed by atoms with E-state index in [1.165, 1.54) is 7.11 Å². The normalized spacial score (nSPS) is 22.9. The number of rotatable bonds is 6. The molecular formula is C22H26N2O5. The van der Waals surface area contributed by atoms with Crippen LogP contribution in [0.1, 0.15) is 36.0 Å². The van der Waals surface area contributed by atoms with Crippen LogP contribution in [-0.4, -0.2) is 55.3 Å². The highest BCUT2D eigenvalue weighted by Crippen LogP contribution is 2.43. The van der Waals surface area contributed by atoms with Gasteiger partial charge in [0.2, 0.25) is 5.75 Å². The van der Waals surface area contributed by atoms with Crippen molar-refractivity contribution in [1.29, 1.82) is 0 Å². The summed E-state index contributed by atoms with van der Waals surface area (Å²) in [5.41, 5.74) is 0.494. The van der Waals surface area contributed by atoms with Gasteiger partial charge in [0.1, 0.15) is 11.9 Å². The number of carbonyl (C=O) groups excluding carboxylic acids is 1.